The van der Waals surface area contributed by atoms with Crippen molar-refractivity contribution >= 4 is 5.97 Å². The molecule has 5 nitrogen and oxygen atoms in total. The normalized spacial score (nSPS) is 9.94. The van der Waals surface area contributed by atoms with Crippen molar-refractivity contribution in [3.05, 3.63) is 23.3 Å². The summed E-state index contributed by atoms with van der Waals surface area (Å²) in [4.78, 5) is 11.4. The van der Waals surface area contributed by atoms with Crippen molar-refractivity contribution in [2.45, 2.75) is 13.5 Å². The minimum absolute atomic E-state index is 0.0831. The van der Waals surface area contributed by atoms with E-state index in [-0.39, 0.29) is 17.7 Å². The predicted octanol–water partition coefficient (Wildman–Crippen LogP) is 2.04. The first kappa shape index (κ1) is 13.7. The largest absolute Gasteiger partial charge is 0.504 e. The van der Waals surface area contributed by atoms with E-state index in [0.717, 1.165) is 12.1 Å². The number of carbonyl (C=O) groups excluding carboxylic acids is 1. The van der Waals surface area contributed by atoms with Gasteiger partial charge in [-0.25, -0.2) is 4.79 Å². The number of hydrogen-bond donors (Lipinski definition) is 1. The molecule has 0 saturated heterocycles. The lowest BCUT2D eigenvalue weighted by Crippen LogP contribution is -2.08. The molecule has 0 aliphatic carbocycles. The summed E-state index contributed by atoms with van der Waals surface area (Å²) in [6.07, 6.45) is 0. The molecule has 1 aromatic carbocycles. The van der Waals surface area contributed by atoms with Crippen molar-refractivity contribution in [2.75, 3.05) is 6.61 Å². The van der Waals surface area contributed by atoms with Gasteiger partial charge < -0.3 is 14.6 Å². The van der Waals surface area contributed by atoms with Crippen molar-refractivity contribution in [3.63, 3.8) is 0 Å². The molecule has 0 saturated carbocycles. The topological polar surface area (TPSA) is 79.6 Å². The number of nitrogens with zero attached hydrogens (tertiary/aromatic N) is 1. The second-order valence-corrected chi connectivity index (χ2v) is 3.08. The average molecular weight is 257 g/mol. The van der Waals surface area contributed by atoms with Gasteiger partial charge in [0.15, 0.2) is 11.5 Å². The summed E-state index contributed by atoms with van der Waals surface area (Å²) in [7, 11) is 0. The first-order valence-corrected chi connectivity index (χ1v) is 4.88. The zero-order valence-corrected chi connectivity index (χ0v) is 9.31. The quantitative estimate of drug-likeness (QED) is 0.835. The summed E-state index contributed by atoms with van der Waals surface area (Å²) in [6.45, 7) is -1.49. The lowest BCUT2D eigenvalue weighted by Gasteiger charge is -2.09. The molecule has 7 heteroatoms. The van der Waals surface area contributed by atoms with Gasteiger partial charge in [-0.1, -0.05) is 0 Å². The van der Waals surface area contributed by atoms with Crippen LogP contribution in [-0.2, 0) is 4.74 Å². The number of rotatable bonds is 4. The monoisotopic (exact) mass is 257 g/mol. The van der Waals surface area contributed by atoms with Crippen molar-refractivity contribution in [1.29, 1.82) is 5.26 Å². The van der Waals surface area contributed by atoms with Crippen molar-refractivity contribution < 1.29 is 28.2 Å². The Balaban J connectivity index is 3.19. The maximum atomic E-state index is 12.0. The Bertz CT molecular complexity index is 497. The van der Waals surface area contributed by atoms with Gasteiger partial charge >= 0.3 is 12.6 Å². The summed E-state index contributed by atoms with van der Waals surface area (Å²) < 4.78 is 32.7. The lowest BCUT2D eigenvalue weighted by atomic mass is 10.1. The van der Waals surface area contributed by atoms with Crippen molar-refractivity contribution in [3.8, 4) is 17.6 Å². The van der Waals surface area contributed by atoms with Gasteiger partial charge in [0, 0.05) is 6.07 Å². The van der Waals surface area contributed by atoms with Crippen LogP contribution < -0.4 is 4.74 Å². The van der Waals surface area contributed by atoms with Gasteiger partial charge in [0.25, 0.3) is 0 Å². The Labute approximate surface area is 101 Å². The number of aromatic hydroxyl groups is 1. The fourth-order valence-electron chi connectivity index (χ4n) is 1.23. The van der Waals surface area contributed by atoms with E-state index in [0.29, 0.717) is 0 Å². The number of hydrogen-bond acceptors (Lipinski definition) is 5. The van der Waals surface area contributed by atoms with Crippen molar-refractivity contribution in [1.82, 2.24) is 0 Å². The van der Waals surface area contributed by atoms with E-state index in [9.17, 15) is 18.7 Å². The van der Waals surface area contributed by atoms with Crippen LogP contribution in [0.2, 0.25) is 0 Å². The highest BCUT2D eigenvalue weighted by molar-refractivity contribution is 5.93. The molecule has 1 aromatic rings. The van der Waals surface area contributed by atoms with E-state index in [1.165, 1.54) is 0 Å². The van der Waals surface area contributed by atoms with Crippen LogP contribution in [0.25, 0.3) is 0 Å². The minimum Gasteiger partial charge on any atom is -0.504 e. The predicted molar refractivity (Wildman–Crippen MR) is 55.4 cm³/mol. The van der Waals surface area contributed by atoms with Crippen LogP contribution in [0.1, 0.15) is 22.8 Å². The maximum Gasteiger partial charge on any atom is 0.387 e. The standard InChI is InChI=1S/C11H9F2NO4/c1-2-17-10(16)7-4-8(15)9(18-11(12)13)3-6(7)5-14/h3-4,11,15H,2H2,1H3. The third-order valence-electron chi connectivity index (χ3n) is 1.93. The fraction of sp³-hybridized carbons (Fsp3) is 0.273. The van der Waals surface area contributed by atoms with Crippen LogP contribution in [0.5, 0.6) is 11.5 Å². The molecule has 1 rings (SSSR count). The third kappa shape index (κ3) is 3.07. The Hall–Kier alpha value is -2.36. The molecule has 0 spiro atoms. The van der Waals surface area contributed by atoms with Gasteiger partial charge in [0.05, 0.1) is 17.7 Å². The third-order valence-corrected chi connectivity index (χ3v) is 1.93. The highest BCUT2D eigenvalue weighted by atomic mass is 19.3. The Morgan fingerprint density at radius 2 is 2.22 bits per heavy atom. The fourth-order valence-corrected chi connectivity index (χ4v) is 1.23. The smallest absolute Gasteiger partial charge is 0.387 e. The molecule has 0 unspecified atom stereocenters. The van der Waals surface area contributed by atoms with Gasteiger partial charge in [-0.2, -0.15) is 14.0 Å². The van der Waals surface area contributed by atoms with Crippen LogP contribution in [0.4, 0.5) is 8.78 Å². The summed E-state index contributed by atoms with van der Waals surface area (Å²) in [5.41, 5.74) is -0.430. The number of alkyl halides is 2. The summed E-state index contributed by atoms with van der Waals surface area (Å²) in [6, 6.07) is 3.35. The molecular formula is C11H9F2NO4. The number of carbonyl (C=O) groups is 1. The van der Waals surface area contributed by atoms with E-state index in [4.69, 9.17) is 5.26 Å². The molecule has 0 aliphatic heterocycles. The number of esters is 1. The molecule has 0 aromatic heterocycles. The van der Waals surface area contributed by atoms with Gasteiger partial charge in [-0.3, -0.25) is 0 Å². The second kappa shape index (κ2) is 5.82. The number of halogens is 2. The molecule has 0 aliphatic rings. The molecule has 96 valence electrons. The Kier molecular flexibility index (Phi) is 4.43. The number of nitriles is 1. The van der Waals surface area contributed by atoms with Gasteiger partial charge in [0.1, 0.15) is 6.07 Å². The van der Waals surface area contributed by atoms with E-state index in [2.05, 4.69) is 9.47 Å². The van der Waals surface area contributed by atoms with Crippen LogP contribution in [-0.4, -0.2) is 24.3 Å². The summed E-state index contributed by atoms with van der Waals surface area (Å²) >= 11 is 0. The molecule has 18 heavy (non-hydrogen) atoms. The highest BCUT2D eigenvalue weighted by Crippen LogP contribution is 2.31. The minimum atomic E-state index is -3.14. The van der Waals surface area contributed by atoms with Crippen LogP contribution >= 0.6 is 0 Å². The molecule has 1 N–H and O–H groups in total. The van der Waals surface area contributed by atoms with E-state index in [1.54, 1.807) is 13.0 Å². The van der Waals surface area contributed by atoms with E-state index in [1.807, 2.05) is 0 Å². The zero-order valence-electron chi connectivity index (χ0n) is 9.31. The SMILES string of the molecule is CCOC(=O)c1cc(O)c(OC(F)F)cc1C#N. The van der Waals surface area contributed by atoms with Crippen LogP contribution in [0.3, 0.4) is 0 Å². The number of phenolic OH excluding ortho intramolecular Hbond substituents is 1. The Morgan fingerprint density at radius 1 is 1.56 bits per heavy atom. The summed E-state index contributed by atoms with van der Waals surface area (Å²) in [5.74, 6) is -2.07. The number of benzene rings is 1. The molecule has 0 amide bonds. The molecule has 0 heterocycles. The number of phenols is 1. The van der Waals surface area contributed by atoms with Crippen LogP contribution in [0.15, 0.2) is 12.1 Å². The van der Waals surface area contributed by atoms with Gasteiger partial charge in [-0.05, 0) is 13.0 Å². The van der Waals surface area contributed by atoms with E-state index >= 15 is 0 Å². The number of ether oxygens (including phenoxy) is 2. The molecule has 0 atom stereocenters. The van der Waals surface area contributed by atoms with Crippen molar-refractivity contribution in [2.24, 2.45) is 0 Å². The van der Waals surface area contributed by atoms with E-state index < -0.39 is 24.1 Å². The summed E-state index contributed by atoms with van der Waals surface area (Å²) in [5, 5.41) is 18.2. The average Bonchev–Trinajstić information content (AvgIpc) is 2.31. The lowest BCUT2D eigenvalue weighted by molar-refractivity contribution is -0.0512. The molecular weight excluding hydrogens is 248 g/mol. The van der Waals surface area contributed by atoms with Crippen LogP contribution in [0, 0.1) is 11.3 Å². The first-order valence-electron chi connectivity index (χ1n) is 4.88. The van der Waals surface area contributed by atoms with Gasteiger partial charge in [-0.15, -0.1) is 0 Å². The van der Waals surface area contributed by atoms with Gasteiger partial charge in [0.2, 0.25) is 0 Å². The zero-order chi connectivity index (χ0) is 13.7. The maximum absolute atomic E-state index is 12.0. The highest BCUT2D eigenvalue weighted by Gasteiger charge is 2.18. The second-order valence-electron chi connectivity index (χ2n) is 3.08. The first-order chi connectivity index (χ1) is 8.49. The molecule has 0 radical (unpaired) electrons. The molecule has 0 fully saturated rings. The Morgan fingerprint density at radius 3 is 2.72 bits per heavy atom. The molecule has 0 bridgehead atoms.